The second-order valence-corrected chi connectivity index (χ2v) is 17.0. The Morgan fingerprint density at radius 1 is 0.404 bits per heavy atom. The van der Waals surface area contributed by atoms with E-state index in [1.807, 2.05) is 0 Å². The van der Waals surface area contributed by atoms with Crippen LogP contribution in [0.4, 0.5) is 79.0 Å². The van der Waals surface area contributed by atoms with Gasteiger partial charge in [-0.05, 0) is 81.1 Å². The molecule has 2 rings (SSSR count). The maximum absolute atomic E-state index is 14.0. The van der Waals surface area contributed by atoms with Crippen molar-refractivity contribution >= 4 is 0 Å². The molecule has 0 aromatic rings. The number of nitrogens with zero attached hydrogens (tertiary/aromatic N) is 2. The highest BCUT2D eigenvalue weighted by molar-refractivity contribution is 5.06. The minimum absolute atomic E-state index is 0.391. The molecule has 2 aliphatic heterocycles. The summed E-state index contributed by atoms with van der Waals surface area (Å²) >= 11 is 0. The van der Waals surface area contributed by atoms with E-state index in [2.05, 4.69) is 9.47 Å². The minimum atomic E-state index is -7.52. The molecule has 0 saturated carbocycles. The number of halogens is 18. The Labute approximate surface area is 314 Å². The summed E-state index contributed by atoms with van der Waals surface area (Å²) in [5, 5.41) is 22.8. The summed E-state index contributed by atoms with van der Waals surface area (Å²) < 4.78 is 270. The molecule has 340 valence electrons. The highest BCUT2D eigenvalue weighted by Crippen LogP contribution is 2.58. The molecule has 8 nitrogen and oxygen atoms in total. The molecule has 26 heteroatoms. The number of piperidine rings is 2. The molecule has 0 radical (unpaired) electrons. The Bertz CT molecular complexity index is 1160. The first kappa shape index (κ1) is 51.6. The maximum atomic E-state index is 14.0. The molecule has 57 heavy (non-hydrogen) atoms. The topological polar surface area (TPSA) is 83.9 Å². The second kappa shape index (κ2) is 15.4. The summed E-state index contributed by atoms with van der Waals surface area (Å²) in [5.74, 6) is 0. The molecule has 0 aliphatic carbocycles. The van der Waals surface area contributed by atoms with Crippen LogP contribution in [0.15, 0.2) is 0 Å². The molecule has 2 saturated heterocycles. The van der Waals surface area contributed by atoms with Crippen LogP contribution < -0.4 is 0 Å². The predicted molar refractivity (Wildman–Crippen MR) is 158 cm³/mol. The van der Waals surface area contributed by atoms with Gasteiger partial charge in [0.05, 0.1) is 44.1 Å². The van der Waals surface area contributed by atoms with Crippen molar-refractivity contribution in [2.24, 2.45) is 5.41 Å². The van der Waals surface area contributed by atoms with Crippen molar-refractivity contribution in [1.82, 2.24) is 10.1 Å². The van der Waals surface area contributed by atoms with Crippen LogP contribution >= 0.6 is 0 Å². The summed E-state index contributed by atoms with van der Waals surface area (Å²) in [5.41, 5.74) is -23.6. The van der Waals surface area contributed by atoms with Gasteiger partial charge in [0.15, 0.2) is 0 Å². The number of rotatable bonds is 12. The molecular formula is C31H44F18N2O6. The Morgan fingerprint density at radius 3 is 0.772 bits per heavy atom. The van der Waals surface area contributed by atoms with Crippen molar-refractivity contribution < 1.29 is 108 Å². The lowest BCUT2D eigenvalue weighted by Crippen LogP contribution is -2.70. The first-order valence-corrected chi connectivity index (χ1v) is 16.7. The lowest BCUT2D eigenvalue weighted by atomic mass is 9.79. The van der Waals surface area contributed by atoms with Gasteiger partial charge >= 0.3 is 48.3 Å². The zero-order chi connectivity index (χ0) is 45.3. The quantitative estimate of drug-likeness (QED) is 0.188. The third kappa shape index (κ3) is 9.98. The lowest BCUT2D eigenvalue weighted by Gasteiger charge is -2.52. The number of hydrogen-bond acceptors (Lipinski definition) is 8. The molecule has 0 spiro atoms. The van der Waals surface area contributed by atoms with Crippen molar-refractivity contribution in [1.29, 1.82) is 0 Å². The van der Waals surface area contributed by atoms with Crippen molar-refractivity contribution in [2.45, 2.75) is 164 Å². The summed E-state index contributed by atoms with van der Waals surface area (Å²) in [6, 6.07) is 0. The minimum Gasteiger partial charge on any atom is -0.377 e. The summed E-state index contributed by atoms with van der Waals surface area (Å²) in [4.78, 5) is 0. The van der Waals surface area contributed by atoms with E-state index in [9.17, 15) is 89.4 Å². The summed E-state index contributed by atoms with van der Waals surface area (Å²) in [6.07, 6.45) is -49.5. The molecule has 0 amide bonds. The van der Waals surface area contributed by atoms with Crippen LogP contribution in [-0.2, 0) is 18.9 Å². The van der Waals surface area contributed by atoms with Gasteiger partial charge < -0.3 is 29.4 Å². The molecule has 0 aromatic heterocycles. The second-order valence-electron chi connectivity index (χ2n) is 17.0. The predicted octanol–water partition coefficient (Wildman–Crippen LogP) is 9.71. The smallest absolute Gasteiger partial charge is 0.377 e. The monoisotopic (exact) mass is 882 g/mol. The number of hydroxylamine groups is 4. The van der Waals surface area contributed by atoms with E-state index >= 15 is 0 Å². The highest BCUT2D eigenvalue weighted by Gasteiger charge is 2.87. The maximum Gasteiger partial charge on any atom is 0.435 e. The first-order valence-electron chi connectivity index (χ1n) is 16.7. The van der Waals surface area contributed by atoms with E-state index in [4.69, 9.17) is 9.47 Å². The van der Waals surface area contributed by atoms with Crippen LogP contribution in [0.1, 0.15) is 81.1 Å². The van der Waals surface area contributed by atoms with E-state index in [1.54, 1.807) is 0 Å². The van der Waals surface area contributed by atoms with E-state index in [1.165, 1.54) is 55.4 Å². The molecule has 0 aromatic carbocycles. The van der Waals surface area contributed by atoms with E-state index in [0.29, 0.717) is 0 Å². The first-order chi connectivity index (χ1) is 24.8. The van der Waals surface area contributed by atoms with Gasteiger partial charge in [0.25, 0.3) is 0 Å². The zero-order valence-electron chi connectivity index (χ0n) is 31.5. The van der Waals surface area contributed by atoms with Crippen LogP contribution in [0.5, 0.6) is 0 Å². The Hall–Kier alpha value is -1.58. The average molecular weight is 883 g/mol. The van der Waals surface area contributed by atoms with Gasteiger partial charge in [-0.3, -0.25) is 0 Å². The van der Waals surface area contributed by atoms with Gasteiger partial charge in [0.2, 0.25) is 0 Å². The van der Waals surface area contributed by atoms with Gasteiger partial charge in [0.1, 0.15) is 0 Å². The molecule has 2 heterocycles. The lowest BCUT2D eigenvalue weighted by molar-refractivity contribution is -0.468. The normalized spacial score (nSPS) is 22.9. The van der Waals surface area contributed by atoms with Gasteiger partial charge in [0, 0.05) is 22.2 Å². The molecule has 0 atom stereocenters. The molecule has 2 fully saturated rings. The van der Waals surface area contributed by atoms with Crippen molar-refractivity contribution in [3.63, 3.8) is 0 Å². The van der Waals surface area contributed by atoms with Crippen LogP contribution in [0.25, 0.3) is 0 Å². The van der Waals surface area contributed by atoms with E-state index < -0.39 is 140 Å². The van der Waals surface area contributed by atoms with E-state index in [-0.39, 0.29) is 0 Å². The largest absolute Gasteiger partial charge is 0.435 e. The van der Waals surface area contributed by atoms with Crippen molar-refractivity contribution in [3.8, 4) is 0 Å². The van der Waals surface area contributed by atoms with Crippen LogP contribution in [0.3, 0.4) is 0 Å². The zero-order valence-corrected chi connectivity index (χ0v) is 31.5. The Kier molecular flexibility index (Phi) is 13.9. The van der Waals surface area contributed by atoms with Crippen LogP contribution in [-0.4, -0.2) is 130 Å². The van der Waals surface area contributed by atoms with Crippen molar-refractivity contribution in [2.75, 3.05) is 26.4 Å². The molecule has 0 unspecified atom stereocenters. The number of alkyl halides is 18. The highest BCUT2D eigenvalue weighted by atomic mass is 19.4. The third-order valence-electron chi connectivity index (χ3n) is 10.0. The molecule has 2 N–H and O–H groups in total. The van der Waals surface area contributed by atoms with Gasteiger partial charge in [-0.2, -0.15) is 89.2 Å². The third-order valence-corrected chi connectivity index (χ3v) is 10.0. The standard InChI is InChI=1S/C31H44F18N2O6/c1-19(2)9-17(10-20(3,4)50(19)52)54-13-23(14-55-18-11-21(5,6)51(53)22(7,8)12-18,15-56-24(26(32,33)34,27(35,36)37)28(38,39)40)16-57-25(29(41,42)43,30(44,45)46)31(47,48)49/h17-18,52-53H,9-16H2,1-8H3. The van der Waals surface area contributed by atoms with Crippen LogP contribution in [0.2, 0.25) is 0 Å². The van der Waals surface area contributed by atoms with Crippen LogP contribution in [0, 0.1) is 5.41 Å². The molecule has 2 aliphatic rings. The SMILES string of the molecule is CC1(C)CC(OCC(COC2CC(C)(C)N(O)C(C)(C)C2)(COC(C(F)(F)F)(C(F)(F)F)C(F)(F)F)COC(C(F)(F)F)(C(F)(F)F)C(F)(F)F)CC(C)(C)N1O. The number of ether oxygens (including phenoxy) is 4. The van der Waals surface area contributed by atoms with Gasteiger partial charge in [-0.25, -0.2) is 0 Å². The summed E-state index contributed by atoms with van der Waals surface area (Å²) in [7, 11) is 0. The van der Waals surface area contributed by atoms with E-state index in [0.717, 1.165) is 10.1 Å². The molecule has 0 bridgehead atoms. The Morgan fingerprint density at radius 2 is 0.596 bits per heavy atom. The summed E-state index contributed by atoms with van der Waals surface area (Å²) in [6.45, 7) is 1.30. The van der Waals surface area contributed by atoms with Gasteiger partial charge in [-0.15, -0.1) is 0 Å². The van der Waals surface area contributed by atoms with Crippen molar-refractivity contribution in [3.05, 3.63) is 0 Å². The average Bonchev–Trinajstić information content (AvgIpc) is 2.91. The fraction of sp³-hybridized carbons (Fsp3) is 1.00. The van der Waals surface area contributed by atoms with Gasteiger partial charge in [-0.1, -0.05) is 0 Å². The fourth-order valence-corrected chi connectivity index (χ4v) is 7.41. The fourth-order valence-electron chi connectivity index (χ4n) is 7.41. The number of hydrogen-bond donors (Lipinski definition) is 2. The molecular weight excluding hydrogens is 838 g/mol. The Balaban J connectivity index is 2.95.